The van der Waals surface area contributed by atoms with Gasteiger partial charge >= 0.3 is 11.9 Å². The number of fused-ring (bicyclic) bond motifs is 1. The van der Waals surface area contributed by atoms with Crippen molar-refractivity contribution in [1.82, 2.24) is 0 Å². The summed E-state index contributed by atoms with van der Waals surface area (Å²) in [5.41, 5.74) is 1.52. The monoisotopic (exact) mass is 491 g/mol. The van der Waals surface area contributed by atoms with Gasteiger partial charge in [0.25, 0.3) is 0 Å². The number of ether oxygens (including phenoxy) is 2. The van der Waals surface area contributed by atoms with Crippen LogP contribution in [0.1, 0.15) is 73.7 Å². The van der Waals surface area contributed by atoms with E-state index < -0.39 is 23.8 Å². The van der Waals surface area contributed by atoms with Crippen LogP contribution in [0.5, 0.6) is 0 Å². The molecule has 166 valence electrons. The fourth-order valence-corrected chi connectivity index (χ4v) is 4.18. The van der Waals surface area contributed by atoms with Crippen molar-refractivity contribution in [2.75, 3.05) is 18.1 Å². The second-order valence-electron chi connectivity index (χ2n) is 7.18. The Hall–Kier alpha value is -2.74. The standard InChI is InChI=1S/C23H26BrNO6/c1-7-30-22(28)19-15-9-10-18(24)16(12(3)4)11-17(15)20(23(29)31-8-2)21(19)25(13(5)26)14(6)27/h9-12H,7-8H2,1-6H3. The lowest BCUT2D eigenvalue weighted by molar-refractivity contribution is -0.124. The minimum absolute atomic E-state index is 0.0182. The average Bonchev–Trinajstić information content (AvgIpc) is 2.87. The Morgan fingerprint density at radius 1 is 0.903 bits per heavy atom. The summed E-state index contributed by atoms with van der Waals surface area (Å²) in [5.74, 6) is -2.65. The van der Waals surface area contributed by atoms with Gasteiger partial charge in [0.2, 0.25) is 11.8 Å². The van der Waals surface area contributed by atoms with Crippen LogP contribution in [0, 0.1) is 0 Å². The van der Waals surface area contributed by atoms with Crippen LogP contribution in [0.15, 0.2) is 22.7 Å². The van der Waals surface area contributed by atoms with Crippen molar-refractivity contribution in [3.63, 3.8) is 0 Å². The van der Waals surface area contributed by atoms with E-state index in [1.54, 1.807) is 32.0 Å². The van der Waals surface area contributed by atoms with E-state index in [1.165, 1.54) is 13.8 Å². The fourth-order valence-electron chi connectivity index (χ4n) is 3.47. The maximum atomic E-state index is 13.1. The maximum Gasteiger partial charge on any atom is 0.340 e. The summed E-state index contributed by atoms with van der Waals surface area (Å²) in [7, 11) is 0. The first-order valence-corrected chi connectivity index (χ1v) is 10.8. The molecule has 2 amide bonds. The minimum Gasteiger partial charge on any atom is -0.462 e. The zero-order valence-corrected chi connectivity index (χ0v) is 20.1. The number of carbonyl (C=O) groups is 4. The highest BCUT2D eigenvalue weighted by Gasteiger charge is 2.38. The first kappa shape index (κ1) is 24.5. The molecule has 0 aromatic rings. The van der Waals surface area contributed by atoms with E-state index in [0.29, 0.717) is 11.1 Å². The highest BCUT2D eigenvalue weighted by atomic mass is 79.9. The van der Waals surface area contributed by atoms with Gasteiger partial charge in [-0.15, -0.1) is 0 Å². The number of imide groups is 1. The molecule has 0 aromatic carbocycles. The fraction of sp³-hybridized carbons (Fsp3) is 0.391. The molecule has 0 N–H and O–H groups in total. The van der Waals surface area contributed by atoms with Crippen molar-refractivity contribution in [2.24, 2.45) is 0 Å². The van der Waals surface area contributed by atoms with E-state index in [1.807, 2.05) is 13.8 Å². The summed E-state index contributed by atoms with van der Waals surface area (Å²) in [6, 6.07) is 5.22. The second kappa shape index (κ2) is 10.0. The Labute approximate surface area is 190 Å². The van der Waals surface area contributed by atoms with Gasteiger partial charge in [0.1, 0.15) is 0 Å². The number of nitrogens with zero attached hydrogens (tertiary/aromatic N) is 1. The van der Waals surface area contributed by atoms with E-state index in [9.17, 15) is 19.2 Å². The number of esters is 2. The maximum absolute atomic E-state index is 13.1. The molecule has 0 saturated carbocycles. The number of carbonyl (C=O) groups excluding carboxylic acids is 4. The number of halogens is 1. The molecule has 0 aromatic heterocycles. The van der Waals surface area contributed by atoms with Gasteiger partial charge in [-0.25, -0.2) is 14.5 Å². The quantitative estimate of drug-likeness (QED) is 0.532. The molecule has 2 rings (SSSR count). The van der Waals surface area contributed by atoms with Gasteiger partial charge in [0, 0.05) is 18.3 Å². The molecular formula is C23H26BrNO6. The molecule has 0 fully saturated rings. The number of hydrogen-bond acceptors (Lipinski definition) is 6. The zero-order valence-electron chi connectivity index (χ0n) is 18.5. The van der Waals surface area contributed by atoms with E-state index in [4.69, 9.17) is 9.47 Å². The van der Waals surface area contributed by atoms with Gasteiger partial charge in [0.15, 0.2) is 0 Å². The van der Waals surface area contributed by atoms with Crippen LogP contribution in [0.3, 0.4) is 0 Å². The van der Waals surface area contributed by atoms with Gasteiger partial charge in [0.05, 0.1) is 30.0 Å². The molecule has 8 heteroatoms. The molecule has 0 atom stereocenters. The molecular weight excluding hydrogens is 466 g/mol. The molecule has 0 unspecified atom stereocenters. The van der Waals surface area contributed by atoms with E-state index in [-0.39, 0.29) is 35.9 Å². The summed E-state index contributed by atoms with van der Waals surface area (Å²) in [5, 5.41) is 0. The van der Waals surface area contributed by atoms with Crippen molar-refractivity contribution in [1.29, 1.82) is 0 Å². The highest BCUT2D eigenvalue weighted by molar-refractivity contribution is 9.10. The van der Waals surface area contributed by atoms with Crippen LogP contribution >= 0.6 is 15.9 Å². The van der Waals surface area contributed by atoms with Crippen LogP contribution < -0.4 is 4.90 Å². The van der Waals surface area contributed by atoms with Crippen LogP contribution in [0.2, 0.25) is 0 Å². The lowest BCUT2D eigenvalue weighted by Crippen LogP contribution is -2.35. The lowest BCUT2D eigenvalue weighted by Gasteiger charge is -2.19. The molecule has 2 aliphatic carbocycles. The second-order valence-corrected chi connectivity index (χ2v) is 8.03. The Kier molecular flexibility index (Phi) is 7.95. The highest BCUT2D eigenvalue weighted by Crippen LogP contribution is 2.45. The molecule has 7 nitrogen and oxygen atoms in total. The molecule has 2 aliphatic rings. The number of hydrogen-bond donors (Lipinski definition) is 0. The SMILES string of the molecule is CCOC(=O)c1c2ccc(Br)c(C(C)C)cc-2c(C(=O)OCC)c1N(C(C)=O)C(C)=O. The Bertz CT molecular complexity index is 1000. The Morgan fingerprint density at radius 2 is 1.39 bits per heavy atom. The van der Waals surface area contributed by atoms with Crippen molar-refractivity contribution in [3.05, 3.63) is 39.4 Å². The normalized spacial score (nSPS) is 10.8. The van der Waals surface area contributed by atoms with E-state index >= 15 is 0 Å². The van der Waals surface area contributed by atoms with Crippen LogP contribution in [0.25, 0.3) is 11.1 Å². The lowest BCUT2D eigenvalue weighted by atomic mass is 10.0. The van der Waals surface area contributed by atoms with Crippen LogP contribution in [-0.4, -0.2) is 37.0 Å². The molecule has 0 bridgehead atoms. The largest absolute Gasteiger partial charge is 0.462 e. The predicted octanol–water partition coefficient (Wildman–Crippen LogP) is 4.93. The summed E-state index contributed by atoms with van der Waals surface area (Å²) in [4.78, 5) is 51.7. The van der Waals surface area contributed by atoms with Gasteiger partial charge in [-0.3, -0.25) is 9.59 Å². The average molecular weight is 492 g/mol. The summed E-state index contributed by atoms with van der Waals surface area (Å²) in [6.07, 6.45) is 0. The summed E-state index contributed by atoms with van der Waals surface area (Å²) < 4.78 is 11.3. The number of amides is 2. The smallest absolute Gasteiger partial charge is 0.340 e. The van der Waals surface area contributed by atoms with Gasteiger partial charge in [-0.2, -0.15) is 0 Å². The molecule has 0 radical (unpaired) electrons. The Balaban J connectivity index is 3.13. The van der Waals surface area contributed by atoms with Crippen molar-refractivity contribution in [3.8, 4) is 11.1 Å². The summed E-state index contributed by atoms with van der Waals surface area (Å²) in [6.45, 7) is 9.83. The number of anilines is 1. The summed E-state index contributed by atoms with van der Waals surface area (Å²) >= 11 is 3.54. The topological polar surface area (TPSA) is 90.0 Å². The van der Waals surface area contributed by atoms with Crippen molar-refractivity contribution >= 4 is 45.4 Å². The van der Waals surface area contributed by atoms with Crippen LogP contribution in [0.4, 0.5) is 5.69 Å². The first-order valence-electron chi connectivity index (χ1n) is 10.0. The predicted molar refractivity (Wildman–Crippen MR) is 121 cm³/mol. The number of rotatable bonds is 6. The third-order valence-corrected chi connectivity index (χ3v) is 5.43. The van der Waals surface area contributed by atoms with Gasteiger partial charge in [-0.05, 0) is 48.6 Å². The minimum atomic E-state index is -0.737. The third-order valence-electron chi connectivity index (χ3n) is 4.71. The molecule has 0 spiro atoms. The Morgan fingerprint density at radius 3 is 1.81 bits per heavy atom. The van der Waals surface area contributed by atoms with E-state index in [2.05, 4.69) is 15.9 Å². The first-order chi connectivity index (χ1) is 14.6. The molecule has 0 saturated heterocycles. The molecule has 0 aliphatic heterocycles. The zero-order chi connectivity index (χ0) is 23.5. The molecule has 31 heavy (non-hydrogen) atoms. The molecule has 0 heterocycles. The van der Waals surface area contributed by atoms with E-state index in [0.717, 1.165) is 14.9 Å². The third kappa shape index (κ3) is 4.79. The van der Waals surface area contributed by atoms with Crippen LogP contribution in [-0.2, 0) is 19.1 Å². The van der Waals surface area contributed by atoms with Gasteiger partial charge in [-0.1, -0.05) is 35.8 Å². The van der Waals surface area contributed by atoms with Crippen molar-refractivity contribution in [2.45, 2.75) is 47.5 Å². The van der Waals surface area contributed by atoms with Crippen molar-refractivity contribution < 1.29 is 28.7 Å². The van der Waals surface area contributed by atoms with Gasteiger partial charge < -0.3 is 9.47 Å².